The summed E-state index contributed by atoms with van der Waals surface area (Å²) in [6.45, 7) is 10.5. The van der Waals surface area contributed by atoms with Crippen molar-refractivity contribution < 1.29 is 43.2 Å². The van der Waals surface area contributed by atoms with E-state index in [2.05, 4.69) is 16.0 Å². The highest BCUT2D eigenvalue weighted by Gasteiger charge is 2.35. The van der Waals surface area contributed by atoms with Gasteiger partial charge < -0.3 is 44.9 Å². The molecule has 5 atom stereocenters. The van der Waals surface area contributed by atoms with Gasteiger partial charge in [-0.05, 0) is 68.7 Å². The molecule has 1 heterocycles. The fourth-order valence-electron chi connectivity index (χ4n) is 6.76. The molecule has 0 spiro atoms. The molecule has 4 N–H and O–H groups in total. The van der Waals surface area contributed by atoms with Crippen molar-refractivity contribution in [1.82, 2.24) is 20.9 Å². The summed E-state index contributed by atoms with van der Waals surface area (Å²) < 4.78 is 22.1. The Bertz CT molecular complexity index is 1740. The first-order valence-electron chi connectivity index (χ1n) is 19.6. The van der Waals surface area contributed by atoms with Crippen molar-refractivity contribution >= 4 is 23.8 Å². The highest BCUT2D eigenvalue weighted by Crippen LogP contribution is 2.29. The van der Waals surface area contributed by atoms with Crippen molar-refractivity contribution in [2.24, 2.45) is 11.8 Å². The molecule has 1 aliphatic heterocycles. The van der Waals surface area contributed by atoms with Crippen molar-refractivity contribution in [2.75, 3.05) is 40.5 Å². The Balaban J connectivity index is 1.62. The lowest BCUT2D eigenvalue weighted by Crippen LogP contribution is -2.58. The smallest absolute Gasteiger partial charge is 0.407 e. The van der Waals surface area contributed by atoms with Crippen LogP contribution in [0.2, 0.25) is 0 Å². The van der Waals surface area contributed by atoms with Crippen molar-refractivity contribution in [3.05, 3.63) is 95.6 Å². The van der Waals surface area contributed by atoms with Crippen LogP contribution in [0.4, 0.5) is 4.79 Å². The molecule has 0 bridgehead atoms. The van der Waals surface area contributed by atoms with Gasteiger partial charge in [-0.2, -0.15) is 0 Å². The van der Waals surface area contributed by atoms with Crippen LogP contribution in [0.3, 0.4) is 0 Å². The summed E-state index contributed by atoms with van der Waals surface area (Å²) in [6, 6.07) is 21.4. The lowest BCUT2D eigenvalue weighted by molar-refractivity contribution is -0.141. The minimum Gasteiger partial charge on any atom is -0.497 e. The van der Waals surface area contributed by atoms with E-state index in [1.807, 2.05) is 74.5 Å². The number of morpholine rings is 1. The molecule has 4 rings (SSSR count). The number of ether oxygens (including phenoxy) is 4. The monoisotopic (exact) mass is 788 g/mol. The SMILES string of the molecule is COc1ccc(C[C@H](C[C@H](O)[C@H](Cc2ccccc2)NC(=O)OC(C)(C)C)C(=O)N[C@H](C(=O)N[C@@H](Cc2ccccc2)C(=O)N2CCOCC2)C(C)C)c(OC)c1. The predicted octanol–water partition coefficient (Wildman–Crippen LogP) is 4.48. The summed E-state index contributed by atoms with van der Waals surface area (Å²) in [5.74, 6) is -1.44. The number of hydrogen-bond acceptors (Lipinski definition) is 9. The first kappa shape index (κ1) is 44.6. The van der Waals surface area contributed by atoms with Crippen LogP contribution in [0.15, 0.2) is 78.9 Å². The molecule has 3 aromatic rings. The molecule has 3 aromatic carbocycles. The molecule has 1 fully saturated rings. The molecule has 4 amide bonds. The zero-order valence-electron chi connectivity index (χ0n) is 34.3. The van der Waals surface area contributed by atoms with E-state index in [0.29, 0.717) is 43.4 Å². The normalized spacial score (nSPS) is 15.7. The van der Waals surface area contributed by atoms with Crippen LogP contribution in [-0.4, -0.2) is 104 Å². The first-order valence-corrected chi connectivity index (χ1v) is 19.6. The fourth-order valence-corrected chi connectivity index (χ4v) is 6.76. The standard InChI is InChI=1S/C44H60N4O9/c1-29(2)39(41(51)45-36(25-31-16-12-9-13-17-31)42(52)48-20-22-56-23-21-48)47-40(50)33(26-32-18-19-34(54-6)28-38(32)55-7)27-37(49)35(24-30-14-10-8-11-15-30)46-43(53)57-44(3,4)5/h8-19,28-29,33,35-37,39,49H,20-27H2,1-7H3,(H,45,51)(H,46,53)(H,47,50)/t33-,35+,36+,37+,39+/m1/s1. The van der Waals surface area contributed by atoms with Gasteiger partial charge in [0.1, 0.15) is 29.2 Å². The van der Waals surface area contributed by atoms with Crippen LogP contribution in [0, 0.1) is 11.8 Å². The number of aliphatic hydroxyl groups excluding tert-OH is 1. The van der Waals surface area contributed by atoms with Crippen molar-refractivity contribution in [1.29, 1.82) is 0 Å². The minimum atomic E-state index is -1.22. The van der Waals surface area contributed by atoms with Crippen LogP contribution >= 0.6 is 0 Å². The van der Waals surface area contributed by atoms with Gasteiger partial charge in [0, 0.05) is 31.5 Å². The van der Waals surface area contributed by atoms with E-state index in [0.717, 1.165) is 11.1 Å². The van der Waals surface area contributed by atoms with E-state index >= 15 is 0 Å². The molecular weight excluding hydrogens is 729 g/mol. The molecule has 310 valence electrons. The highest BCUT2D eigenvalue weighted by atomic mass is 16.6. The molecule has 0 unspecified atom stereocenters. The average molecular weight is 789 g/mol. The van der Waals surface area contributed by atoms with Crippen LogP contribution in [0.5, 0.6) is 11.5 Å². The molecule has 0 aromatic heterocycles. The van der Waals surface area contributed by atoms with Crippen molar-refractivity contribution in [2.45, 2.75) is 90.1 Å². The number of aliphatic hydroxyl groups is 1. The number of carbonyl (C=O) groups excluding carboxylic acids is 4. The lowest BCUT2D eigenvalue weighted by atomic mass is 9.87. The minimum absolute atomic E-state index is 0.0904. The van der Waals surface area contributed by atoms with E-state index in [1.165, 1.54) is 7.11 Å². The maximum absolute atomic E-state index is 14.5. The number of nitrogens with one attached hydrogen (secondary N) is 3. The van der Waals surface area contributed by atoms with Crippen LogP contribution in [0.25, 0.3) is 0 Å². The first-order chi connectivity index (χ1) is 27.2. The Kier molecular flexibility index (Phi) is 16.7. The Morgan fingerprint density at radius 2 is 1.40 bits per heavy atom. The number of alkyl carbamates (subject to hydrolysis) is 1. The zero-order chi connectivity index (χ0) is 41.5. The molecule has 0 aliphatic carbocycles. The van der Waals surface area contributed by atoms with Gasteiger partial charge in [0.05, 0.1) is 39.6 Å². The van der Waals surface area contributed by atoms with Gasteiger partial charge in [-0.3, -0.25) is 14.4 Å². The van der Waals surface area contributed by atoms with Crippen LogP contribution in [0.1, 0.15) is 57.7 Å². The summed E-state index contributed by atoms with van der Waals surface area (Å²) >= 11 is 0. The molecule has 0 radical (unpaired) electrons. The van der Waals surface area contributed by atoms with E-state index in [4.69, 9.17) is 18.9 Å². The van der Waals surface area contributed by atoms with Gasteiger partial charge in [-0.1, -0.05) is 80.6 Å². The second-order valence-electron chi connectivity index (χ2n) is 15.7. The second kappa shape index (κ2) is 21.4. The van der Waals surface area contributed by atoms with Crippen molar-refractivity contribution in [3.8, 4) is 11.5 Å². The van der Waals surface area contributed by atoms with Crippen molar-refractivity contribution in [3.63, 3.8) is 0 Å². The quantitative estimate of drug-likeness (QED) is 0.146. The molecular formula is C44H60N4O9. The molecule has 1 aliphatic rings. The lowest BCUT2D eigenvalue weighted by Gasteiger charge is -2.32. The number of nitrogens with zero attached hydrogens (tertiary/aromatic N) is 1. The largest absolute Gasteiger partial charge is 0.497 e. The molecule has 0 saturated carbocycles. The van der Waals surface area contributed by atoms with Gasteiger partial charge in [-0.15, -0.1) is 0 Å². The number of benzene rings is 3. The highest BCUT2D eigenvalue weighted by molar-refractivity contribution is 5.93. The van der Waals surface area contributed by atoms with E-state index in [9.17, 15) is 24.3 Å². The van der Waals surface area contributed by atoms with Crippen LogP contribution < -0.4 is 25.4 Å². The predicted molar refractivity (Wildman–Crippen MR) is 217 cm³/mol. The van der Waals surface area contributed by atoms with Gasteiger partial charge in [0.2, 0.25) is 17.7 Å². The summed E-state index contributed by atoms with van der Waals surface area (Å²) in [5.41, 5.74) is 1.64. The van der Waals surface area contributed by atoms with Gasteiger partial charge in [0.15, 0.2) is 0 Å². The van der Waals surface area contributed by atoms with Gasteiger partial charge >= 0.3 is 6.09 Å². The molecule has 1 saturated heterocycles. The molecule has 13 heteroatoms. The van der Waals surface area contributed by atoms with Gasteiger partial charge in [0.25, 0.3) is 0 Å². The zero-order valence-corrected chi connectivity index (χ0v) is 34.3. The number of amides is 4. The Morgan fingerprint density at radius 3 is 1.96 bits per heavy atom. The summed E-state index contributed by atoms with van der Waals surface area (Å²) in [7, 11) is 3.06. The maximum Gasteiger partial charge on any atom is 0.407 e. The summed E-state index contributed by atoms with van der Waals surface area (Å²) in [5, 5.41) is 20.7. The Hall–Kier alpha value is -5.14. The molecule has 57 heavy (non-hydrogen) atoms. The number of hydrogen-bond donors (Lipinski definition) is 4. The second-order valence-corrected chi connectivity index (χ2v) is 15.7. The third-order valence-electron chi connectivity index (χ3n) is 9.79. The fraction of sp³-hybridized carbons (Fsp3) is 0.500. The summed E-state index contributed by atoms with van der Waals surface area (Å²) in [4.78, 5) is 57.2. The number of methoxy groups -OCH3 is 2. The Labute approximate surface area is 336 Å². The van der Waals surface area contributed by atoms with Gasteiger partial charge in [-0.25, -0.2) is 4.79 Å². The third-order valence-corrected chi connectivity index (χ3v) is 9.79. The van der Waals surface area contributed by atoms with E-state index in [1.54, 1.807) is 51.0 Å². The third kappa shape index (κ3) is 14.1. The average Bonchev–Trinajstić information content (AvgIpc) is 3.19. The number of carbonyl (C=O) groups is 4. The van der Waals surface area contributed by atoms with Crippen LogP contribution in [-0.2, 0) is 43.1 Å². The summed E-state index contributed by atoms with van der Waals surface area (Å²) in [6.07, 6.45) is -1.36. The van der Waals surface area contributed by atoms with E-state index < -0.39 is 53.7 Å². The maximum atomic E-state index is 14.5. The topological polar surface area (TPSA) is 165 Å². The van der Waals surface area contributed by atoms with E-state index in [-0.39, 0.29) is 37.5 Å². The Morgan fingerprint density at radius 1 is 0.789 bits per heavy atom. The molecule has 13 nitrogen and oxygen atoms in total. The number of rotatable bonds is 18.